The van der Waals surface area contributed by atoms with Crippen LogP contribution in [0.2, 0.25) is 0 Å². The zero-order valence-corrected chi connectivity index (χ0v) is 21.9. The molecule has 0 radical (unpaired) electrons. The molecule has 3 saturated heterocycles. The molecule has 0 saturated carbocycles. The largest absolute Gasteiger partial charge is 0.497 e. The number of alkyl halides is 6. The van der Waals surface area contributed by atoms with Gasteiger partial charge < -0.3 is 9.47 Å². The van der Waals surface area contributed by atoms with E-state index < -0.39 is 41.4 Å². The van der Waals surface area contributed by atoms with E-state index in [1.165, 1.54) is 7.11 Å². The lowest BCUT2D eigenvalue weighted by molar-refractivity contribution is -0.143. The summed E-state index contributed by atoms with van der Waals surface area (Å²) >= 11 is 0. The number of benzene rings is 2. The van der Waals surface area contributed by atoms with Crippen LogP contribution in [-0.4, -0.2) is 42.2 Å². The normalized spacial score (nSPS) is 23.2. The zero-order chi connectivity index (χ0) is 29.5. The Bertz CT molecular complexity index is 1430. The second-order valence-corrected chi connectivity index (χ2v) is 10.3. The van der Waals surface area contributed by atoms with Crippen molar-refractivity contribution < 1.29 is 40.6 Å². The van der Waals surface area contributed by atoms with Gasteiger partial charge in [0.15, 0.2) is 0 Å². The van der Waals surface area contributed by atoms with Gasteiger partial charge in [-0.25, -0.2) is 4.79 Å². The van der Waals surface area contributed by atoms with Crippen LogP contribution in [0.5, 0.6) is 5.75 Å². The van der Waals surface area contributed by atoms with E-state index in [9.17, 15) is 31.1 Å². The van der Waals surface area contributed by atoms with Gasteiger partial charge in [-0.1, -0.05) is 6.08 Å². The number of carbonyl (C=O) groups excluding carboxylic acids is 1. The van der Waals surface area contributed by atoms with E-state index in [4.69, 9.17) is 9.47 Å². The Labute approximate surface area is 231 Å². The molecule has 4 heterocycles. The summed E-state index contributed by atoms with van der Waals surface area (Å²) in [7, 11) is 1.50. The number of pyridine rings is 1. The third-order valence-corrected chi connectivity index (χ3v) is 7.86. The molecule has 3 aliphatic rings. The number of hydrogen-bond acceptors (Lipinski definition) is 5. The quantitative estimate of drug-likeness (QED) is 0.243. The fourth-order valence-electron chi connectivity index (χ4n) is 5.85. The minimum atomic E-state index is -5.06. The van der Waals surface area contributed by atoms with Crippen LogP contribution in [0.1, 0.15) is 35.6 Å². The van der Waals surface area contributed by atoms with Crippen molar-refractivity contribution in [1.82, 2.24) is 9.88 Å². The molecule has 3 aliphatic heterocycles. The lowest BCUT2D eigenvalue weighted by Gasteiger charge is -2.51. The van der Waals surface area contributed by atoms with Gasteiger partial charge in [0.25, 0.3) is 0 Å². The van der Waals surface area contributed by atoms with Crippen LogP contribution in [0, 0.1) is 11.8 Å². The fraction of sp³-hybridized carbons (Fsp3) is 0.379. The average Bonchev–Trinajstić information content (AvgIpc) is 2.94. The number of carbonyl (C=O) groups is 1. The van der Waals surface area contributed by atoms with E-state index in [-0.39, 0.29) is 23.9 Å². The summed E-state index contributed by atoms with van der Waals surface area (Å²) in [4.78, 5) is 19.7. The summed E-state index contributed by atoms with van der Waals surface area (Å²) in [5.74, 6) is 1.09. The Morgan fingerprint density at radius 2 is 1.80 bits per heavy atom. The van der Waals surface area contributed by atoms with Crippen LogP contribution in [0.4, 0.5) is 36.8 Å². The molecule has 218 valence electrons. The lowest BCUT2D eigenvalue weighted by atomic mass is 9.73. The van der Waals surface area contributed by atoms with Crippen molar-refractivity contribution in [2.45, 2.75) is 37.3 Å². The summed E-state index contributed by atoms with van der Waals surface area (Å²) in [5.41, 5.74) is -2.58. The summed E-state index contributed by atoms with van der Waals surface area (Å²) < 4.78 is 91.4. The summed E-state index contributed by atoms with van der Waals surface area (Å²) in [6.07, 6.45) is -7.15. The first-order valence-corrected chi connectivity index (χ1v) is 12.9. The van der Waals surface area contributed by atoms with E-state index in [1.54, 1.807) is 30.5 Å². The molecule has 1 N–H and O–H groups in total. The molecule has 0 aliphatic carbocycles. The van der Waals surface area contributed by atoms with Crippen LogP contribution in [-0.2, 0) is 17.1 Å². The van der Waals surface area contributed by atoms with Crippen LogP contribution >= 0.6 is 0 Å². The fourth-order valence-corrected chi connectivity index (χ4v) is 5.85. The van der Waals surface area contributed by atoms with Gasteiger partial charge in [0.1, 0.15) is 11.9 Å². The maximum Gasteiger partial charge on any atom is 0.416 e. The van der Waals surface area contributed by atoms with E-state index in [1.807, 2.05) is 6.08 Å². The molecule has 41 heavy (non-hydrogen) atoms. The number of hydrogen-bond donors (Lipinski definition) is 1. The highest BCUT2D eigenvalue weighted by atomic mass is 19.4. The summed E-state index contributed by atoms with van der Waals surface area (Å²) in [5, 5.41) is 2.75. The summed E-state index contributed by atoms with van der Waals surface area (Å²) in [6.45, 7) is 5.37. The minimum Gasteiger partial charge on any atom is -0.497 e. The van der Waals surface area contributed by atoms with Gasteiger partial charge in [-0.05, 0) is 73.7 Å². The van der Waals surface area contributed by atoms with Crippen LogP contribution in [0.15, 0.2) is 61.3 Å². The number of aromatic nitrogens is 1. The Hall–Kier alpha value is -3.80. The Balaban J connectivity index is 1.51. The smallest absolute Gasteiger partial charge is 0.416 e. The van der Waals surface area contributed by atoms with Gasteiger partial charge in [-0.15, -0.1) is 6.58 Å². The standard InChI is InChI=1S/C29H27F6N3O3/c1-3-16-15-38-9-7-17(16)10-25(38)26(22-6-8-36-24-5-4-21(40-2)14-23(22)24)41-27(39)37-20-12-18(28(30,31)32)11-19(13-20)29(33,34)35/h3-6,8,11-14,16-17,25-26H,1,7,9-10,15H2,2H3,(H,37,39)/t16-,17-,25+,26-/m0/s1. The highest BCUT2D eigenvalue weighted by Gasteiger charge is 2.44. The molecular formula is C29H27F6N3O3. The first-order valence-electron chi connectivity index (χ1n) is 12.9. The number of anilines is 1. The molecule has 5 atom stereocenters. The van der Waals surface area contributed by atoms with Crippen molar-refractivity contribution in [3.05, 3.63) is 78.0 Å². The zero-order valence-electron chi connectivity index (χ0n) is 21.9. The van der Waals surface area contributed by atoms with Crippen molar-refractivity contribution in [3.63, 3.8) is 0 Å². The second-order valence-electron chi connectivity index (χ2n) is 10.3. The molecule has 2 aromatic carbocycles. The van der Waals surface area contributed by atoms with E-state index in [0.717, 1.165) is 13.0 Å². The monoisotopic (exact) mass is 579 g/mol. The molecule has 0 spiro atoms. The highest BCUT2D eigenvalue weighted by Crippen LogP contribution is 2.44. The van der Waals surface area contributed by atoms with Crippen LogP contribution in [0.25, 0.3) is 10.9 Å². The first-order chi connectivity index (χ1) is 19.4. The number of rotatable bonds is 6. The third-order valence-electron chi connectivity index (χ3n) is 7.86. The number of halogens is 6. The minimum absolute atomic E-state index is 0.00211. The van der Waals surface area contributed by atoms with Crippen molar-refractivity contribution in [2.75, 3.05) is 25.5 Å². The lowest BCUT2D eigenvalue weighted by Crippen LogP contribution is -2.55. The first kappa shape index (κ1) is 28.7. The topological polar surface area (TPSA) is 63.7 Å². The number of amides is 1. The predicted molar refractivity (Wildman–Crippen MR) is 139 cm³/mol. The van der Waals surface area contributed by atoms with E-state index in [2.05, 4.69) is 21.8 Å². The SMILES string of the molecule is C=C[C@H]1CN2CC[C@H]1C[C@@H]2[C@@H](OC(=O)Nc1cc(C(F)(F)F)cc(C(F)(F)F)c1)c1ccnc2ccc(OC)cc12. The molecule has 3 fully saturated rings. The number of ether oxygens (including phenoxy) is 2. The molecule has 6 nitrogen and oxygen atoms in total. The van der Waals surface area contributed by atoms with Gasteiger partial charge in [0, 0.05) is 29.4 Å². The van der Waals surface area contributed by atoms with Gasteiger partial charge in [-0.2, -0.15) is 26.3 Å². The molecule has 1 unspecified atom stereocenters. The van der Waals surface area contributed by atoms with E-state index in [0.29, 0.717) is 47.3 Å². The van der Waals surface area contributed by atoms with Gasteiger partial charge in [0.05, 0.1) is 29.8 Å². The third kappa shape index (κ3) is 5.97. The van der Waals surface area contributed by atoms with Gasteiger partial charge in [0.2, 0.25) is 0 Å². The average molecular weight is 580 g/mol. The Kier molecular flexibility index (Phi) is 7.62. The molecule has 1 amide bonds. The number of nitrogens with zero attached hydrogens (tertiary/aromatic N) is 2. The number of methoxy groups -OCH3 is 1. The van der Waals surface area contributed by atoms with Crippen molar-refractivity contribution >= 4 is 22.7 Å². The maximum absolute atomic E-state index is 13.4. The highest BCUT2D eigenvalue weighted by molar-refractivity contribution is 5.87. The second kappa shape index (κ2) is 10.9. The van der Waals surface area contributed by atoms with E-state index >= 15 is 0 Å². The maximum atomic E-state index is 13.4. The van der Waals surface area contributed by atoms with Gasteiger partial charge in [-0.3, -0.25) is 15.2 Å². The molecule has 2 bridgehead atoms. The Morgan fingerprint density at radius 1 is 1.10 bits per heavy atom. The molecule has 6 rings (SSSR count). The van der Waals surface area contributed by atoms with Crippen molar-refractivity contribution in [3.8, 4) is 5.75 Å². The predicted octanol–water partition coefficient (Wildman–Crippen LogP) is 7.47. The van der Waals surface area contributed by atoms with Crippen LogP contribution in [0.3, 0.4) is 0 Å². The van der Waals surface area contributed by atoms with Crippen LogP contribution < -0.4 is 10.1 Å². The molecule has 3 aromatic rings. The molecule has 1 aromatic heterocycles. The molecule has 12 heteroatoms. The Morgan fingerprint density at radius 3 is 2.39 bits per heavy atom. The number of nitrogens with one attached hydrogen (secondary N) is 1. The summed E-state index contributed by atoms with van der Waals surface area (Å²) in [6, 6.07) is 7.51. The number of fused-ring (bicyclic) bond motifs is 4. The van der Waals surface area contributed by atoms with Crippen molar-refractivity contribution in [2.24, 2.45) is 11.8 Å². The van der Waals surface area contributed by atoms with Crippen molar-refractivity contribution in [1.29, 1.82) is 0 Å². The number of piperidine rings is 3. The van der Waals surface area contributed by atoms with Gasteiger partial charge >= 0.3 is 18.4 Å². The molecular weight excluding hydrogens is 552 g/mol.